The topological polar surface area (TPSA) is 80.0 Å². The standard InChI is InChI=1S/C15H22N6/c1-11(9-21-7-3-2-4-8-21)19-14-12-5-6-13(16)20-15(12)18-10-17-14/h5-6,10-11H,2-4,7-9H2,1H3,(H3,16,17,18,19,20). The minimum atomic E-state index is 0.332. The summed E-state index contributed by atoms with van der Waals surface area (Å²) in [4.78, 5) is 15.3. The van der Waals surface area contributed by atoms with Crippen LogP contribution < -0.4 is 11.1 Å². The number of hydrogen-bond acceptors (Lipinski definition) is 6. The zero-order chi connectivity index (χ0) is 14.7. The summed E-state index contributed by atoms with van der Waals surface area (Å²) in [5, 5.41) is 4.39. The Morgan fingerprint density at radius 1 is 1.24 bits per heavy atom. The van der Waals surface area contributed by atoms with E-state index in [2.05, 4.69) is 32.1 Å². The van der Waals surface area contributed by atoms with Crippen LogP contribution in [0.3, 0.4) is 0 Å². The van der Waals surface area contributed by atoms with Crippen molar-refractivity contribution in [2.75, 3.05) is 30.7 Å². The van der Waals surface area contributed by atoms with Crippen molar-refractivity contribution in [3.63, 3.8) is 0 Å². The molecule has 3 rings (SSSR count). The zero-order valence-electron chi connectivity index (χ0n) is 12.4. The van der Waals surface area contributed by atoms with Crippen LogP contribution in [0.1, 0.15) is 26.2 Å². The molecule has 0 saturated carbocycles. The molecule has 3 N–H and O–H groups in total. The van der Waals surface area contributed by atoms with Crippen LogP contribution in [0.15, 0.2) is 18.5 Å². The Bertz CT molecular complexity index is 608. The van der Waals surface area contributed by atoms with Gasteiger partial charge < -0.3 is 16.0 Å². The fraction of sp³-hybridized carbons (Fsp3) is 0.533. The van der Waals surface area contributed by atoms with E-state index in [1.165, 1.54) is 38.7 Å². The molecule has 0 radical (unpaired) electrons. The summed E-state index contributed by atoms with van der Waals surface area (Å²) in [6, 6.07) is 4.04. The molecule has 3 heterocycles. The van der Waals surface area contributed by atoms with Gasteiger partial charge in [0.15, 0.2) is 5.65 Å². The van der Waals surface area contributed by atoms with Crippen LogP contribution in [0.2, 0.25) is 0 Å². The molecule has 1 aliphatic heterocycles. The number of nitrogen functional groups attached to an aromatic ring is 1. The van der Waals surface area contributed by atoms with Crippen LogP contribution in [-0.4, -0.2) is 45.5 Å². The molecule has 2 aromatic rings. The van der Waals surface area contributed by atoms with E-state index < -0.39 is 0 Å². The molecule has 2 aromatic heterocycles. The Morgan fingerprint density at radius 2 is 2.05 bits per heavy atom. The smallest absolute Gasteiger partial charge is 0.166 e. The van der Waals surface area contributed by atoms with E-state index >= 15 is 0 Å². The lowest BCUT2D eigenvalue weighted by atomic mass is 10.1. The second kappa shape index (κ2) is 6.22. The normalized spacial score (nSPS) is 17.8. The van der Waals surface area contributed by atoms with Gasteiger partial charge in [0, 0.05) is 12.6 Å². The third-order valence-corrected chi connectivity index (χ3v) is 3.88. The first-order chi connectivity index (χ1) is 10.2. The minimum absolute atomic E-state index is 0.332. The van der Waals surface area contributed by atoms with Crippen LogP contribution >= 0.6 is 0 Å². The van der Waals surface area contributed by atoms with Crippen molar-refractivity contribution in [3.8, 4) is 0 Å². The van der Waals surface area contributed by atoms with E-state index in [0.717, 1.165) is 17.7 Å². The summed E-state index contributed by atoms with van der Waals surface area (Å²) in [5.41, 5.74) is 6.34. The number of nitrogens with one attached hydrogen (secondary N) is 1. The molecule has 0 aromatic carbocycles. The fourth-order valence-corrected chi connectivity index (χ4v) is 2.88. The first kappa shape index (κ1) is 14.0. The van der Waals surface area contributed by atoms with Gasteiger partial charge in [0.05, 0.1) is 5.39 Å². The molecule has 112 valence electrons. The van der Waals surface area contributed by atoms with Gasteiger partial charge in [-0.3, -0.25) is 0 Å². The summed E-state index contributed by atoms with van der Waals surface area (Å²) in [6.07, 6.45) is 5.52. The monoisotopic (exact) mass is 286 g/mol. The molecule has 0 spiro atoms. The van der Waals surface area contributed by atoms with E-state index in [-0.39, 0.29) is 0 Å². The van der Waals surface area contributed by atoms with Crippen LogP contribution in [-0.2, 0) is 0 Å². The van der Waals surface area contributed by atoms with E-state index in [4.69, 9.17) is 5.73 Å². The lowest BCUT2D eigenvalue weighted by Gasteiger charge is -2.29. The van der Waals surface area contributed by atoms with Gasteiger partial charge in [-0.15, -0.1) is 0 Å². The third kappa shape index (κ3) is 3.39. The second-order valence-electron chi connectivity index (χ2n) is 5.74. The highest BCUT2D eigenvalue weighted by atomic mass is 15.2. The zero-order valence-corrected chi connectivity index (χ0v) is 12.4. The van der Waals surface area contributed by atoms with Crippen molar-refractivity contribution in [3.05, 3.63) is 18.5 Å². The highest BCUT2D eigenvalue weighted by molar-refractivity contribution is 5.87. The summed E-state index contributed by atoms with van der Waals surface area (Å²) in [5.74, 6) is 1.31. The molecule has 0 bridgehead atoms. The number of fused-ring (bicyclic) bond motifs is 1. The molecule has 1 aliphatic rings. The molecule has 1 unspecified atom stereocenters. The predicted octanol–water partition coefficient (Wildman–Crippen LogP) is 1.89. The van der Waals surface area contributed by atoms with Crippen LogP contribution in [0.25, 0.3) is 11.0 Å². The number of pyridine rings is 1. The van der Waals surface area contributed by atoms with Gasteiger partial charge in [-0.05, 0) is 45.0 Å². The van der Waals surface area contributed by atoms with E-state index in [9.17, 15) is 0 Å². The number of anilines is 2. The fourth-order valence-electron chi connectivity index (χ4n) is 2.88. The Balaban J connectivity index is 1.71. The number of aromatic nitrogens is 3. The number of piperidine rings is 1. The molecule has 0 amide bonds. The van der Waals surface area contributed by atoms with Gasteiger partial charge in [-0.25, -0.2) is 15.0 Å². The van der Waals surface area contributed by atoms with Gasteiger partial charge in [0.1, 0.15) is 18.0 Å². The maximum atomic E-state index is 5.70. The van der Waals surface area contributed by atoms with Gasteiger partial charge in [0.2, 0.25) is 0 Å². The van der Waals surface area contributed by atoms with Gasteiger partial charge in [-0.1, -0.05) is 6.42 Å². The van der Waals surface area contributed by atoms with Crippen LogP contribution in [0.5, 0.6) is 0 Å². The van der Waals surface area contributed by atoms with E-state index in [0.29, 0.717) is 17.5 Å². The van der Waals surface area contributed by atoms with Gasteiger partial charge in [-0.2, -0.15) is 0 Å². The Morgan fingerprint density at radius 3 is 2.86 bits per heavy atom. The summed E-state index contributed by atoms with van der Waals surface area (Å²) < 4.78 is 0. The highest BCUT2D eigenvalue weighted by Gasteiger charge is 2.14. The SMILES string of the molecule is CC(CN1CCCCC1)Nc1ncnc2nc(N)ccc12. The quantitative estimate of drug-likeness (QED) is 0.893. The Hall–Kier alpha value is -1.95. The van der Waals surface area contributed by atoms with Gasteiger partial charge in [0.25, 0.3) is 0 Å². The number of nitrogens with two attached hydrogens (primary N) is 1. The average molecular weight is 286 g/mol. The van der Waals surface area contributed by atoms with Crippen molar-refractivity contribution >= 4 is 22.7 Å². The third-order valence-electron chi connectivity index (χ3n) is 3.88. The number of nitrogens with zero attached hydrogens (tertiary/aromatic N) is 4. The minimum Gasteiger partial charge on any atom is -0.384 e. The maximum Gasteiger partial charge on any atom is 0.166 e. The van der Waals surface area contributed by atoms with E-state index in [1.807, 2.05) is 6.07 Å². The van der Waals surface area contributed by atoms with Crippen molar-refractivity contribution < 1.29 is 0 Å². The first-order valence-corrected chi connectivity index (χ1v) is 7.58. The first-order valence-electron chi connectivity index (χ1n) is 7.58. The Labute approximate surface area is 124 Å². The molecular weight excluding hydrogens is 264 g/mol. The molecule has 21 heavy (non-hydrogen) atoms. The predicted molar refractivity (Wildman–Crippen MR) is 85.1 cm³/mol. The highest BCUT2D eigenvalue weighted by Crippen LogP contribution is 2.19. The molecule has 1 fully saturated rings. The maximum absolute atomic E-state index is 5.70. The molecule has 6 heteroatoms. The van der Waals surface area contributed by atoms with Crippen molar-refractivity contribution in [1.29, 1.82) is 0 Å². The van der Waals surface area contributed by atoms with Crippen LogP contribution in [0, 0.1) is 0 Å². The van der Waals surface area contributed by atoms with E-state index in [1.54, 1.807) is 6.07 Å². The molecule has 1 atom stereocenters. The lowest BCUT2D eigenvalue weighted by molar-refractivity contribution is 0.223. The molecular formula is C15H22N6. The van der Waals surface area contributed by atoms with Crippen molar-refractivity contribution in [1.82, 2.24) is 19.9 Å². The summed E-state index contributed by atoms with van der Waals surface area (Å²) in [7, 11) is 0. The molecule has 0 aliphatic carbocycles. The summed E-state index contributed by atoms with van der Waals surface area (Å²) >= 11 is 0. The number of rotatable bonds is 4. The average Bonchev–Trinajstić information content (AvgIpc) is 2.48. The largest absolute Gasteiger partial charge is 0.384 e. The number of hydrogen-bond donors (Lipinski definition) is 2. The summed E-state index contributed by atoms with van der Waals surface area (Å²) in [6.45, 7) is 5.63. The second-order valence-corrected chi connectivity index (χ2v) is 5.74. The van der Waals surface area contributed by atoms with Crippen LogP contribution in [0.4, 0.5) is 11.6 Å². The molecule has 1 saturated heterocycles. The van der Waals surface area contributed by atoms with Crippen molar-refractivity contribution in [2.24, 2.45) is 0 Å². The Kier molecular flexibility index (Phi) is 4.15. The van der Waals surface area contributed by atoms with Crippen molar-refractivity contribution in [2.45, 2.75) is 32.2 Å². The lowest BCUT2D eigenvalue weighted by Crippen LogP contribution is -2.38. The van der Waals surface area contributed by atoms with Gasteiger partial charge >= 0.3 is 0 Å². The molecule has 6 nitrogen and oxygen atoms in total. The number of likely N-dealkylation sites (tertiary alicyclic amines) is 1.